The van der Waals surface area contributed by atoms with E-state index in [0.717, 1.165) is 14.8 Å². The summed E-state index contributed by atoms with van der Waals surface area (Å²) in [6.07, 6.45) is -0.142. The Morgan fingerprint density at radius 1 is 1.27 bits per heavy atom. The van der Waals surface area contributed by atoms with Crippen molar-refractivity contribution in [3.63, 3.8) is 0 Å². The predicted molar refractivity (Wildman–Crippen MR) is 102 cm³/mol. The number of carbonyl (C=O) groups is 3. The van der Waals surface area contributed by atoms with E-state index in [-0.39, 0.29) is 18.2 Å². The van der Waals surface area contributed by atoms with Crippen LogP contribution in [0.5, 0.6) is 0 Å². The van der Waals surface area contributed by atoms with Gasteiger partial charge in [0.1, 0.15) is 6.04 Å². The molecule has 1 aromatic carbocycles. The van der Waals surface area contributed by atoms with Crippen LogP contribution in [0.1, 0.15) is 16.1 Å². The molecular formula is C18H16N2O4S2. The number of fused-ring (bicyclic) bond motifs is 3. The van der Waals surface area contributed by atoms with Gasteiger partial charge in [0.2, 0.25) is 5.91 Å². The summed E-state index contributed by atoms with van der Waals surface area (Å²) in [5.74, 6) is -1.05. The smallest absolute Gasteiger partial charge is 0.308 e. The minimum atomic E-state index is -0.833. The fourth-order valence-corrected chi connectivity index (χ4v) is 5.63. The third kappa shape index (κ3) is 2.85. The first-order valence-corrected chi connectivity index (χ1v) is 9.78. The summed E-state index contributed by atoms with van der Waals surface area (Å²) in [7, 11) is 1.27. The Kier molecular flexibility index (Phi) is 4.37. The van der Waals surface area contributed by atoms with Crippen molar-refractivity contribution in [3.05, 3.63) is 35.2 Å². The molecule has 0 saturated carbocycles. The molecule has 1 aliphatic heterocycles. The number of piperazine rings is 1. The third-order valence-corrected chi connectivity index (χ3v) is 6.84. The molecule has 1 aliphatic rings. The molecule has 1 atom stereocenters. The summed E-state index contributed by atoms with van der Waals surface area (Å²) in [6, 6.07) is 9.15. The van der Waals surface area contributed by atoms with Crippen LogP contribution in [0.4, 0.5) is 0 Å². The summed E-state index contributed by atoms with van der Waals surface area (Å²) in [5, 5.41) is 3.85. The number of rotatable bonds is 3. The van der Waals surface area contributed by atoms with E-state index in [1.54, 1.807) is 11.3 Å². The molecule has 0 aliphatic carbocycles. The van der Waals surface area contributed by atoms with E-state index < -0.39 is 12.0 Å². The van der Waals surface area contributed by atoms with Gasteiger partial charge in [-0.2, -0.15) is 0 Å². The molecule has 134 valence electrons. The number of carbonyl (C=O) groups excluding carboxylic acids is 3. The Balaban J connectivity index is 1.67. The average molecular weight is 388 g/mol. The van der Waals surface area contributed by atoms with Crippen molar-refractivity contribution in [1.82, 2.24) is 10.2 Å². The lowest BCUT2D eigenvalue weighted by Gasteiger charge is -2.34. The molecule has 2 amide bonds. The van der Waals surface area contributed by atoms with Crippen molar-refractivity contribution >= 4 is 59.9 Å². The first-order valence-electron chi connectivity index (χ1n) is 8.15. The molecule has 8 heteroatoms. The highest BCUT2D eigenvalue weighted by Crippen LogP contribution is 2.39. The van der Waals surface area contributed by atoms with Crippen molar-refractivity contribution in [2.24, 2.45) is 0 Å². The number of nitrogens with zero attached hydrogens (tertiary/aromatic N) is 1. The Bertz CT molecular complexity index is 1020. The number of thiophene rings is 2. The third-order valence-electron chi connectivity index (χ3n) is 4.44. The molecule has 0 radical (unpaired) electrons. The zero-order valence-electron chi connectivity index (χ0n) is 14.0. The largest absolute Gasteiger partial charge is 0.469 e. The van der Waals surface area contributed by atoms with Gasteiger partial charge in [-0.1, -0.05) is 18.2 Å². The fraction of sp³-hybridized carbons (Fsp3) is 0.278. The molecule has 0 spiro atoms. The van der Waals surface area contributed by atoms with Gasteiger partial charge >= 0.3 is 5.97 Å². The second-order valence-electron chi connectivity index (χ2n) is 5.99. The van der Waals surface area contributed by atoms with Gasteiger partial charge in [-0.3, -0.25) is 14.4 Å². The molecule has 3 heterocycles. The van der Waals surface area contributed by atoms with Gasteiger partial charge in [-0.25, -0.2) is 0 Å². The van der Waals surface area contributed by atoms with Crippen molar-refractivity contribution in [2.45, 2.75) is 12.5 Å². The Morgan fingerprint density at radius 3 is 2.88 bits per heavy atom. The zero-order valence-corrected chi connectivity index (χ0v) is 15.6. The maximum atomic E-state index is 13.0. The van der Waals surface area contributed by atoms with E-state index in [1.807, 2.05) is 24.3 Å². The van der Waals surface area contributed by atoms with Gasteiger partial charge in [0.25, 0.3) is 5.91 Å². The minimum Gasteiger partial charge on any atom is -0.469 e. The first-order chi connectivity index (χ1) is 12.6. The van der Waals surface area contributed by atoms with Crippen molar-refractivity contribution in [2.75, 3.05) is 20.2 Å². The Morgan fingerprint density at radius 2 is 2.08 bits per heavy atom. The minimum absolute atomic E-state index is 0.142. The van der Waals surface area contributed by atoms with Gasteiger partial charge < -0.3 is 15.0 Å². The molecule has 1 fully saturated rings. The molecular weight excluding hydrogens is 372 g/mol. The van der Waals surface area contributed by atoms with E-state index in [1.165, 1.54) is 28.0 Å². The van der Waals surface area contributed by atoms with Gasteiger partial charge in [-0.15, -0.1) is 22.7 Å². The van der Waals surface area contributed by atoms with Crippen LogP contribution >= 0.6 is 22.7 Å². The standard InChI is InChI=1S/C18H16N2O4S2/c1-24-15(21)8-11-17(22)19-6-7-20(11)18(23)14-9-13-16(26-14)10-4-2-3-5-12(10)25-13/h2-5,9,11H,6-8H2,1H3,(H,19,22)/t11-/m1/s1. The number of hydrogen-bond donors (Lipinski definition) is 1. The fourth-order valence-electron chi connectivity index (χ4n) is 3.15. The lowest BCUT2D eigenvalue weighted by atomic mass is 10.1. The van der Waals surface area contributed by atoms with Crippen LogP contribution in [-0.4, -0.2) is 48.9 Å². The normalized spacial score (nSPS) is 17.5. The molecule has 2 aromatic heterocycles. The quantitative estimate of drug-likeness (QED) is 0.700. The summed E-state index contributed by atoms with van der Waals surface area (Å²) >= 11 is 3.08. The lowest BCUT2D eigenvalue weighted by Crippen LogP contribution is -2.57. The van der Waals surface area contributed by atoms with Gasteiger partial charge in [0.15, 0.2) is 0 Å². The topological polar surface area (TPSA) is 75.7 Å². The number of hydrogen-bond acceptors (Lipinski definition) is 6. The lowest BCUT2D eigenvalue weighted by molar-refractivity contribution is -0.145. The van der Waals surface area contributed by atoms with Crippen LogP contribution in [0.2, 0.25) is 0 Å². The number of nitrogens with one attached hydrogen (secondary N) is 1. The number of esters is 1. The van der Waals surface area contributed by atoms with Crippen LogP contribution < -0.4 is 5.32 Å². The highest BCUT2D eigenvalue weighted by Gasteiger charge is 2.36. The highest BCUT2D eigenvalue weighted by atomic mass is 32.1. The van der Waals surface area contributed by atoms with Crippen molar-refractivity contribution in [1.29, 1.82) is 0 Å². The Hall–Kier alpha value is -2.45. The zero-order chi connectivity index (χ0) is 18.3. The van der Waals surface area contributed by atoms with Crippen LogP contribution in [0.3, 0.4) is 0 Å². The van der Waals surface area contributed by atoms with E-state index in [9.17, 15) is 14.4 Å². The maximum Gasteiger partial charge on any atom is 0.308 e. The van der Waals surface area contributed by atoms with Gasteiger partial charge in [0, 0.05) is 27.9 Å². The molecule has 1 saturated heterocycles. The SMILES string of the molecule is COC(=O)C[C@@H]1C(=O)NCCN1C(=O)c1cc2sc3ccccc3c2s1. The van der Waals surface area contributed by atoms with Crippen LogP contribution in [0.15, 0.2) is 30.3 Å². The second kappa shape index (κ2) is 6.69. The number of methoxy groups -OCH3 is 1. The maximum absolute atomic E-state index is 13.0. The van der Waals surface area contributed by atoms with Crippen molar-refractivity contribution < 1.29 is 19.1 Å². The second-order valence-corrected chi connectivity index (χ2v) is 8.12. The van der Waals surface area contributed by atoms with E-state index >= 15 is 0 Å². The summed E-state index contributed by atoms with van der Waals surface area (Å²) in [6.45, 7) is 0.753. The molecule has 0 bridgehead atoms. The number of amides is 2. The van der Waals surface area contributed by atoms with Gasteiger partial charge in [0.05, 0.1) is 23.1 Å². The van der Waals surface area contributed by atoms with Crippen molar-refractivity contribution in [3.8, 4) is 0 Å². The highest BCUT2D eigenvalue weighted by molar-refractivity contribution is 7.33. The van der Waals surface area contributed by atoms with E-state index in [2.05, 4.69) is 16.1 Å². The molecule has 1 N–H and O–H groups in total. The summed E-state index contributed by atoms with van der Waals surface area (Å²) in [4.78, 5) is 38.9. The monoisotopic (exact) mass is 388 g/mol. The number of benzene rings is 1. The number of ether oxygens (including phenoxy) is 1. The van der Waals surface area contributed by atoms with Crippen LogP contribution in [0.25, 0.3) is 19.5 Å². The van der Waals surface area contributed by atoms with E-state index in [0.29, 0.717) is 18.0 Å². The van der Waals surface area contributed by atoms with Gasteiger partial charge in [-0.05, 0) is 12.1 Å². The molecule has 4 rings (SSSR count). The summed E-state index contributed by atoms with van der Waals surface area (Å²) in [5.41, 5.74) is 0. The average Bonchev–Trinajstić information content (AvgIpc) is 3.20. The van der Waals surface area contributed by atoms with Crippen LogP contribution in [-0.2, 0) is 14.3 Å². The van der Waals surface area contributed by atoms with Crippen LogP contribution in [0, 0.1) is 0 Å². The summed E-state index contributed by atoms with van der Waals surface area (Å²) < 4.78 is 8.00. The molecule has 0 unspecified atom stereocenters. The predicted octanol–water partition coefficient (Wildman–Crippen LogP) is 2.62. The Labute approximate surface area is 157 Å². The molecule has 26 heavy (non-hydrogen) atoms. The molecule has 6 nitrogen and oxygen atoms in total. The molecule has 3 aromatic rings. The van der Waals surface area contributed by atoms with E-state index in [4.69, 9.17) is 0 Å². The first kappa shape index (κ1) is 17.0.